The van der Waals surface area contributed by atoms with E-state index in [9.17, 15) is 9.59 Å². The number of halogens is 2. The van der Waals surface area contributed by atoms with E-state index in [4.69, 9.17) is 27.9 Å². The van der Waals surface area contributed by atoms with E-state index < -0.39 is 0 Å². The third-order valence-electron chi connectivity index (χ3n) is 3.36. The van der Waals surface area contributed by atoms with Gasteiger partial charge in [0.2, 0.25) is 11.8 Å². The van der Waals surface area contributed by atoms with Gasteiger partial charge in [-0.05, 0) is 37.3 Å². The summed E-state index contributed by atoms with van der Waals surface area (Å²) < 4.78 is 5.48. The standard InChI is InChI=1S/C18H18Cl2N2O3/c1-3-25-17-7-5-4-6-16(17)21-18(24)11-22(12(2)23)13-8-9-14(19)15(20)10-13/h4-10H,3,11H2,1-2H3,(H,21,24). The Balaban J connectivity index is 2.16. The molecule has 0 atom stereocenters. The molecule has 1 N–H and O–H groups in total. The zero-order chi connectivity index (χ0) is 18.4. The predicted octanol–water partition coefficient (Wildman–Crippen LogP) is 4.38. The van der Waals surface area contributed by atoms with Crippen molar-refractivity contribution < 1.29 is 14.3 Å². The fourth-order valence-corrected chi connectivity index (χ4v) is 2.51. The Morgan fingerprint density at radius 2 is 1.84 bits per heavy atom. The van der Waals surface area contributed by atoms with Crippen molar-refractivity contribution in [3.63, 3.8) is 0 Å². The molecule has 0 aliphatic heterocycles. The average Bonchev–Trinajstić information content (AvgIpc) is 2.57. The molecule has 0 saturated carbocycles. The number of carbonyl (C=O) groups is 2. The van der Waals surface area contributed by atoms with E-state index >= 15 is 0 Å². The quantitative estimate of drug-likeness (QED) is 0.808. The molecule has 5 nitrogen and oxygen atoms in total. The second kappa shape index (κ2) is 8.74. The summed E-state index contributed by atoms with van der Waals surface area (Å²) in [7, 11) is 0. The molecule has 0 fully saturated rings. The van der Waals surface area contributed by atoms with Crippen LogP contribution >= 0.6 is 23.2 Å². The second-order valence-corrected chi connectivity index (χ2v) is 6.00. The lowest BCUT2D eigenvalue weighted by molar-refractivity contribution is -0.120. The monoisotopic (exact) mass is 380 g/mol. The third-order valence-corrected chi connectivity index (χ3v) is 4.10. The number of nitrogens with one attached hydrogen (secondary N) is 1. The van der Waals surface area contributed by atoms with E-state index in [0.29, 0.717) is 33.8 Å². The van der Waals surface area contributed by atoms with Crippen molar-refractivity contribution in [2.45, 2.75) is 13.8 Å². The van der Waals surface area contributed by atoms with Crippen molar-refractivity contribution in [2.75, 3.05) is 23.4 Å². The van der Waals surface area contributed by atoms with Crippen LogP contribution < -0.4 is 15.0 Å². The number of hydrogen-bond acceptors (Lipinski definition) is 3. The lowest BCUT2D eigenvalue weighted by Crippen LogP contribution is -2.36. The predicted molar refractivity (Wildman–Crippen MR) is 101 cm³/mol. The van der Waals surface area contributed by atoms with Gasteiger partial charge in [0.25, 0.3) is 0 Å². The van der Waals surface area contributed by atoms with Crippen LogP contribution in [-0.4, -0.2) is 25.0 Å². The summed E-state index contributed by atoms with van der Waals surface area (Å²) in [6.45, 7) is 3.56. The number of hydrogen-bond donors (Lipinski definition) is 1. The first kappa shape index (κ1) is 19.1. The Morgan fingerprint density at radius 3 is 2.48 bits per heavy atom. The highest BCUT2D eigenvalue weighted by molar-refractivity contribution is 6.42. The maximum absolute atomic E-state index is 12.4. The minimum Gasteiger partial charge on any atom is -0.492 e. The van der Waals surface area contributed by atoms with Crippen LogP contribution in [-0.2, 0) is 9.59 Å². The lowest BCUT2D eigenvalue weighted by Gasteiger charge is -2.21. The molecular weight excluding hydrogens is 363 g/mol. The van der Waals surface area contributed by atoms with E-state index in [-0.39, 0.29) is 18.4 Å². The Morgan fingerprint density at radius 1 is 1.12 bits per heavy atom. The molecule has 0 heterocycles. The maximum Gasteiger partial charge on any atom is 0.244 e. The SMILES string of the molecule is CCOc1ccccc1NC(=O)CN(C(C)=O)c1ccc(Cl)c(Cl)c1. The van der Waals surface area contributed by atoms with Crippen LogP contribution in [0.2, 0.25) is 10.0 Å². The van der Waals surface area contributed by atoms with E-state index in [2.05, 4.69) is 5.32 Å². The van der Waals surface area contributed by atoms with Crippen LogP contribution in [0.4, 0.5) is 11.4 Å². The van der Waals surface area contributed by atoms with Crippen LogP contribution in [0.3, 0.4) is 0 Å². The van der Waals surface area contributed by atoms with Gasteiger partial charge in [0.15, 0.2) is 0 Å². The topological polar surface area (TPSA) is 58.6 Å². The van der Waals surface area contributed by atoms with Gasteiger partial charge in [-0.25, -0.2) is 0 Å². The summed E-state index contributed by atoms with van der Waals surface area (Å²) in [5.74, 6) is -0.0673. The molecule has 2 aromatic carbocycles. The van der Waals surface area contributed by atoms with Crippen molar-refractivity contribution in [3.05, 3.63) is 52.5 Å². The van der Waals surface area contributed by atoms with Crippen LogP contribution in [0.25, 0.3) is 0 Å². The molecule has 7 heteroatoms. The molecule has 0 aliphatic carbocycles. The molecule has 0 unspecified atom stereocenters. The summed E-state index contributed by atoms with van der Waals surface area (Å²) in [5.41, 5.74) is 1.04. The van der Waals surface area contributed by atoms with Crippen molar-refractivity contribution in [3.8, 4) is 5.75 Å². The molecule has 2 rings (SSSR count). The van der Waals surface area contributed by atoms with Crippen LogP contribution in [0, 0.1) is 0 Å². The van der Waals surface area contributed by atoms with Gasteiger partial charge >= 0.3 is 0 Å². The van der Waals surface area contributed by atoms with Crippen molar-refractivity contribution >= 4 is 46.4 Å². The number of benzene rings is 2. The molecule has 0 aliphatic rings. The van der Waals surface area contributed by atoms with Crippen molar-refractivity contribution in [2.24, 2.45) is 0 Å². The minimum absolute atomic E-state index is 0.159. The number of ether oxygens (including phenoxy) is 1. The Bertz CT molecular complexity index is 781. The highest BCUT2D eigenvalue weighted by Gasteiger charge is 2.18. The molecule has 0 bridgehead atoms. The first-order valence-electron chi connectivity index (χ1n) is 7.67. The Hall–Kier alpha value is -2.24. The van der Waals surface area contributed by atoms with Gasteiger partial charge < -0.3 is 15.0 Å². The fourth-order valence-electron chi connectivity index (χ4n) is 2.22. The molecule has 0 saturated heterocycles. The Labute approximate surface area is 156 Å². The summed E-state index contributed by atoms with van der Waals surface area (Å²) >= 11 is 11.9. The number of anilines is 2. The normalized spacial score (nSPS) is 10.2. The van der Waals surface area contributed by atoms with E-state index in [1.165, 1.54) is 11.8 Å². The third kappa shape index (κ3) is 5.11. The van der Waals surface area contributed by atoms with E-state index in [1.807, 2.05) is 13.0 Å². The van der Waals surface area contributed by atoms with Crippen LogP contribution in [0.5, 0.6) is 5.75 Å². The highest BCUT2D eigenvalue weighted by Crippen LogP contribution is 2.28. The maximum atomic E-state index is 12.4. The summed E-state index contributed by atoms with van der Waals surface area (Å²) in [4.78, 5) is 25.7. The van der Waals surface area contributed by atoms with E-state index in [1.54, 1.807) is 36.4 Å². The summed E-state index contributed by atoms with van der Waals surface area (Å²) in [6, 6.07) is 11.9. The van der Waals surface area contributed by atoms with Gasteiger partial charge in [0.05, 0.1) is 22.3 Å². The number of nitrogens with zero attached hydrogens (tertiary/aromatic N) is 1. The van der Waals surface area contributed by atoms with Gasteiger partial charge in [0.1, 0.15) is 12.3 Å². The largest absolute Gasteiger partial charge is 0.492 e. The molecule has 25 heavy (non-hydrogen) atoms. The average molecular weight is 381 g/mol. The molecule has 0 spiro atoms. The second-order valence-electron chi connectivity index (χ2n) is 5.18. The lowest BCUT2D eigenvalue weighted by atomic mass is 10.2. The Kier molecular flexibility index (Phi) is 6.67. The fraction of sp³-hybridized carbons (Fsp3) is 0.222. The first-order valence-corrected chi connectivity index (χ1v) is 8.42. The van der Waals surface area contributed by atoms with Gasteiger partial charge in [-0.2, -0.15) is 0 Å². The van der Waals surface area contributed by atoms with Crippen molar-refractivity contribution in [1.29, 1.82) is 0 Å². The molecule has 2 amide bonds. The van der Waals surface area contributed by atoms with Gasteiger partial charge in [-0.3, -0.25) is 9.59 Å². The molecule has 2 aromatic rings. The molecule has 0 aromatic heterocycles. The summed E-state index contributed by atoms with van der Waals surface area (Å²) in [5, 5.41) is 3.45. The van der Waals surface area contributed by atoms with Gasteiger partial charge in [-0.15, -0.1) is 0 Å². The summed E-state index contributed by atoms with van der Waals surface area (Å²) in [6.07, 6.45) is 0. The smallest absolute Gasteiger partial charge is 0.244 e. The number of carbonyl (C=O) groups excluding carboxylic acids is 2. The van der Waals surface area contributed by atoms with Crippen molar-refractivity contribution in [1.82, 2.24) is 0 Å². The number of amides is 2. The molecule has 132 valence electrons. The molecule has 0 radical (unpaired) electrons. The van der Waals surface area contributed by atoms with Crippen LogP contribution in [0.15, 0.2) is 42.5 Å². The first-order chi connectivity index (χ1) is 11.9. The van der Waals surface area contributed by atoms with E-state index in [0.717, 1.165) is 0 Å². The van der Waals surface area contributed by atoms with Gasteiger partial charge in [-0.1, -0.05) is 35.3 Å². The zero-order valence-electron chi connectivity index (χ0n) is 13.9. The molecular formula is C18H18Cl2N2O3. The number of rotatable bonds is 6. The van der Waals surface area contributed by atoms with Gasteiger partial charge in [0, 0.05) is 12.6 Å². The zero-order valence-corrected chi connectivity index (χ0v) is 15.4. The minimum atomic E-state index is -0.353. The van der Waals surface area contributed by atoms with Crippen LogP contribution in [0.1, 0.15) is 13.8 Å². The number of para-hydroxylation sites is 2. The highest BCUT2D eigenvalue weighted by atomic mass is 35.5.